The van der Waals surface area contributed by atoms with Gasteiger partial charge in [0.05, 0.1) is 0 Å². The van der Waals surface area contributed by atoms with Gasteiger partial charge in [0.15, 0.2) is 0 Å². The first-order valence-corrected chi connectivity index (χ1v) is 9.04. The van der Waals surface area contributed by atoms with Crippen LogP contribution in [0.5, 0.6) is 0 Å². The summed E-state index contributed by atoms with van der Waals surface area (Å²) in [4.78, 5) is 0.382. The first kappa shape index (κ1) is 18.2. The summed E-state index contributed by atoms with van der Waals surface area (Å²) >= 11 is 0. The van der Waals surface area contributed by atoms with Gasteiger partial charge >= 0.3 is 0 Å². The highest BCUT2D eigenvalue weighted by Gasteiger charge is 2.23. The number of hydrogen-bond donors (Lipinski definition) is 1. The van der Waals surface area contributed by atoms with Gasteiger partial charge in [-0.15, -0.1) is 0 Å². The highest BCUT2D eigenvalue weighted by molar-refractivity contribution is 7.89. The SMILES string of the molecule is CCCN(C)S(=O)(=O)c1cc(CNC(C)C)n(C(C)C)c1. The summed E-state index contributed by atoms with van der Waals surface area (Å²) in [6.07, 6.45) is 2.56. The lowest BCUT2D eigenvalue weighted by atomic mass is 10.3. The number of aromatic nitrogens is 1. The molecule has 0 saturated heterocycles. The summed E-state index contributed by atoms with van der Waals surface area (Å²) in [5, 5.41) is 3.35. The summed E-state index contributed by atoms with van der Waals surface area (Å²) in [6, 6.07) is 2.38. The lowest BCUT2D eigenvalue weighted by Crippen LogP contribution is -2.27. The van der Waals surface area contributed by atoms with E-state index in [0.717, 1.165) is 12.1 Å². The second kappa shape index (κ2) is 7.42. The van der Waals surface area contributed by atoms with Crippen LogP contribution < -0.4 is 5.32 Å². The van der Waals surface area contributed by atoms with E-state index in [1.54, 1.807) is 19.3 Å². The number of rotatable bonds is 8. The Balaban J connectivity index is 3.12. The lowest BCUT2D eigenvalue weighted by Gasteiger charge is -2.15. The first-order chi connectivity index (χ1) is 9.70. The molecule has 0 unspecified atom stereocenters. The third-order valence-electron chi connectivity index (χ3n) is 3.40. The van der Waals surface area contributed by atoms with Crippen molar-refractivity contribution in [1.82, 2.24) is 14.2 Å². The quantitative estimate of drug-likeness (QED) is 0.802. The van der Waals surface area contributed by atoms with Crippen molar-refractivity contribution in [3.05, 3.63) is 18.0 Å². The predicted molar refractivity (Wildman–Crippen MR) is 86.9 cm³/mol. The number of nitrogens with one attached hydrogen (secondary N) is 1. The molecule has 0 spiro atoms. The van der Waals surface area contributed by atoms with Crippen molar-refractivity contribution < 1.29 is 8.42 Å². The summed E-state index contributed by atoms with van der Waals surface area (Å²) < 4.78 is 28.5. The molecule has 0 radical (unpaired) electrons. The minimum absolute atomic E-state index is 0.231. The third kappa shape index (κ3) is 4.56. The number of hydrogen-bond acceptors (Lipinski definition) is 3. The summed E-state index contributed by atoms with van der Waals surface area (Å²) in [5.74, 6) is 0. The monoisotopic (exact) mass is 315 g/mol. The Labute approximate surface area is 129 Å². The van der Waals surface area contributed by atoms with Crippen LogP contribution in [0.15, 0.2) is 17.2 Å². The van der Waals surface area contributed by atoms with E-state index in [2.05, 4.69) is 33.0 Å². The molecule has 0 aromatic carbocycles. The predicted octanol–water partition coefficient (Wildman–Crippen LogP) is 2.60. The third-order valence-corrected chi connectivity index (χ3v) is 5.22. The second-order valence-corrected chi connectivity index (χ2v) is 8.08. The molecule has 1 N–H and O–H groups in total. The normalized spacial score (nSPS) is 12.8. The first-order valence-electron chi connectivity index (χ1n) is 7.60. The fourth-order valence-electron chi connectivity index (χ4n) is 2.18. The van der Waals surface area contributed by atoms with Crippen molar-refractivity contribution in [2.75, 3.05) is 13.6 Å². The van der Waals surface area contributed by atoms with Gasteiger partial charge in [0.2, 0.25) is 10.0 Å². The largest absolute Gasteiger partial charge is 0.346 e. The Morgan fingerprint density at radius 2 is 1.90 bits per heavy atom. The van der Waals surface area contributed by atoms with E-state index < -0.39 is 10.0 Å². The van der Waals surface area contributed by atoms with Crippen LogP contribution in [0.1, 0.15) is 52.8 Å². The van der Waals surface area contributed by atoms with Gasteiger partial charge in [-0.25, -0.2) is 12.7 Å². The van der Waals surface area contributed by atoms with Crippen molar-refractivity contribution in [2.24, 2.45) is 0 Å². The number of sulfonamides is 1. The second-order valence-electron chi connectivity index (χ2n) is 6.03. The van der Waals surface area contributed by atoms with Crippen molar-refractivity contribution in [3.63, 3.8) is 0 Å². The minimum Gasteiger partial charge on any atom is -0.346 e. The van der Waals surface area contributed by atoms with Gasteiger partial charge in [-0.1, -0.05) is 20.8 Å². The van der Waals surface area contributed by atoms with Crippen LogP contribution >= 0.6 is 0 Å². The van der Waals surface area contributed by atoms with E-state index in [1.807, 2.05) is 11.5 Å². The van der Waals surface area contributed by atoms with Gasteiger partial charge in [0, 0.05) is 44.1 Å². The molecule has 0 aliphatic carbocycles. The smallest absolute Gasteiger partial charge is 0.244 e. The molecule has 1 rings (SSSR count). The van der Waals surface area contributed by atoms with E-state index in [1.165, 1.54) is 4.31 Å². The molecule has 1 aromatic rings. The van der Waals surface area contributed by atoms with E-state index >= 15 is 0 Å². The van der Waals surface area contributed by atoms with Crippen LogP contribution in [0.2, 0.25) is 0 Å². The minimum atomic E-state index is -3.39. The van der Waals surface area contributed by atoms with Gasteiger partial charge in [-0.05, 0) is 26.3 Å². The Bertz CT molecular complexity index is 547. The van der Waals surface area contributed by atoms with Crippen LogP contribution in [0.25, 0.3) is 0 Å². The Kier molecular flexibility index (Phi) is 6.43. The Morgan fingerprint density at radius 3 is 2.38 bits per heavy atom. The van der Waals surface area contributed by atoms with E-state index in [-0.39, 0.29) is 6.04 Å². The average molecular weight is 315 g/mol. The molecular weight excluding hydrogens is 286 g/mol. The molecular formula is C15H29N3O2S. The fourth-order valence-corrected chi connectivity index (χ4v) is 3.50. The van der Waals surface area contributed by atoms with Crippen LogP contribution in [0, 0.1) is 0 Å². The zero-order valence-electron chi connectivity index (χ0n) is 14.0. The van der Waals surface area contributed by atoms with Gasteiger partial charge in [-0.2, -0.15) is 0 Å². The number of nitrogens with zero attached hydrogens (tertiary/aromatic N) is 2. The van der Waals surface area contributed by atoms with Crippen molar-refractivity contribution in [3.8, 4) is 0 Å². The van der Waals surface area contributed by atoms with Crippen LogP contribution in [0.3, 0.4) is 0 Å². The molecule has 0 bridgehead atoms. The summed E-state index contributed by atoms with van der Waals surface area (Å²) in [6.45, 7) is 11.5. The zero-order chi connectivity index (χ0) is 16.2. The highest BCUT2D eigenvalue weighted by atomic mass is 32.2. The van der Waals surface area contributed by atoms with Gasteiger partial charge in [0.1, 0.15) is 4.90 Å². The standard InChI is InChI=1S/C15H29N3O2S/c1-7-8-17(6)21(19,20)15-9-14(10-16-12(2)3)18(11-15)13(4)5/h9,11-13,16H,7-8,10H2,1-6H3. The molecule has 1 aromatic heterocycles. The molecule has 122 valence electrons. The summed E-state index contributed by atoms with van der Waals surface area (Å²) in [5.41, 5.74) is 1.00. The molecule has 1 heterocycles. The molecule has 0 amide bonds. The van der Waals surface area contributed by atoms with Crippen LogP contribution in [-0.2, 0) is 16.6 Å². The summed E-state index contributed by atoms with van der Waals surface area (Å²) in [7, 11) is -1.75. The molecule has 0 aliphatic rings. The molecule has 21 heavy (non-hydrogen) atoms. The van der Waals surface area contributed by atoms with Crippen molar-refractivity contribution in [1.29, 1.82) is 0 Å². The van der Waals surface area contributed by atoms with Crippen molar-refractivity contribution in [2.45, 2.75) is 64.6 Å². The molecule has 0 aliphatic heterocycles. The molecule has 5 nitrogen and oxygen atoms in total. The maximum Gasteiger partial charge on any atom is 0.244 e. The molecule has 0 fully saturated rings. The zero-order valence-corrected chi connectivity index (χ0v) is 14.9. The fraction of sp³-hybridized carbons (Fsp3) is 0.733. The molecule has 6 heteroatoms. The molecule has 0 saturated carbocycles. The topological polar surface area (TPSA) is 54.3 Å². The maximum atomic E-state index is 12.5. The highest BCUT2D eigenvalue weighted by Crippen LogP contribution is 2.21. The maximum absolute atomic E-state index is 12.5. The van der Waals surface area contributed by atoms with E-state index in [0.29, 0.717) is 24.0 Å². The van der Waals surface area contributed by atoms with E-state index in [9.17, 15) is 8.42 Å². The Hall–Kier alpha value is -0.850. The average Bonchev–Trinajstić information content (AvgIpc) is 2.81. The molecule has 0 atom stereocenters. The van der Waals surface area contributed by atoms with E-state index in [4.69, 9.17) is 0 Å². The van der Waals surface area contributed by atoms with Gasteiger partial charge < -0.3 is 9.88 Å². The van der Waals surface area contributed by atoms with Gasteiger partial charge in [-0.3, -0.25) is 0 Å². The lowest BCUT2D eigenvalue weighted by molar-refractivity contribution is 0.468. The van der Waals surface area contributed by atoms with Crippen molar-refractivity contribution >= 4 is 10.0 Å². The van der Waals surface area contributed by atoms with Gasteiger partial charge in [0.25, 0.3) is 0 Å². The van der Waals surface area contributed by atoms with Crippen LogP contribution in [0.4, 0.5) is 0 Å². The van der Waals surface area contributed by atoms with Crippen LogP contribution in [-0.4, -0.2) is 36.9 Å². The Morgan fingerprint density at radius 1 is 1.29 bits per heavy atom.